The molecule has 266 valence electrons. The Morgan fingerprint density at radius 1 is 0.298 bits per heavy atom. The lowest BCUT2D eigenvalue weighted by Gasteiger charge is -2.44. The fourth-order valence-corrected chi connectivity index (χ4v) is 8.52. The molecule has 0 N–H and O–H groups in total. The Morgan fingerprint density at radius 2 is 0.702 bits per heavy atom. The van der Waals surface area contributed by atoms with Gasteiger partial charge in [0.1, 0.15) is 0 Å². The van der Waals surface area contributed by atoms with E-state index in [4.69, 9.17) is 15.0 Å². The maximum Gasteiger partial charge on any atom is 0.252 e. The average molecular weight is 728 g/mol. The van der Waals surface area contributed by atoms with E-state index in [1.165, 1.54) is 39.1 Å². The smallest absolute Gasteiger partial charge is 0.252 e. The first kappa shape index (κ1) is 32.8. The topological polar surface area (TPSA) is 45.2 Å². The van der Waals surface area contributed by atoms with Crippen LogP contribution in [0.3, 0.4) is 0 Å². The SMILES string of the molecule is c1ccc(-c2nc(-c3ccccc3)nc(-c3ccc(-c4ccc5c(c4)N(c4ccccc4)c4cccc6c4B5c4ccccc4N6c4ccccc4)cc3)n2)cc1. The predicted molar refractivity (Wildman–Crippen MR) is 236 cm³/mol. The number of benzene rings is 8. The van der Waals surface area contributed by atoms with Gasteiger partial charge in [-0.1, -0.05) is 158 Å². The van der Waals surface area contributed by atoms with Crippen LogP contribution in [-0.2, 0) is 0 Å². The normalized spacial score (nSPS) is 12.5. The molecule has 9 aromatic rings. The average Bonchev–Trinajstić information content (AvgIpc) is 3.30. The maximum atomic E-state index is 4.97. The highest BCUT2D eigenvalue weighted by molar-refractivity contribution is 7.00. The number of hydrogen-bond acceptors (Lipinski definition) is 5. The van der Waals surface area contributed by atoms with E-state index in [9.17, 15) is 0 Å². The number of anilines is 6. The molecule has 0 bridgehead atoms. The molecular formula is C51H34BN5. The fourth-order valence-electron chi connectivity index (χ4n) is 8.52. The van der Waals surface area contributed by atoms with Crippen molar-refractivity contribution in [3.8, 4) is 45.3 Å². The molecule has 0 unspecified atom stereocenters. The van der Waals surface area contributed by atoms with Crippen LogP contribution in [0.15, 0.2) is 206 Å². The summed E-state index contributed by atoms with van der Waals surface area (Å²) >= 11 is 0. The summed E-state index contributed by atoms with van der Waals surface area (Å²) in [5, 5.41) is 0. The minimum Gasteiger partial charge on any atom is -0.311 e. The van der Waals surface area contributed by atoms with Crippen LogP contribution in [0.1, 0.15) is 0 Å². The molecule has 0 fully saturated rings. The van der Waals surface area contributed by atoms with Crippen LogP contribution in [0.4, 0.5) is 34.1 Å². The van der Waals surface area contributed by atoms with Crippen molar-refractivity contribution in [2.75, 3.05) is 9.80 Å². The molecule has 11 rings (SSSR count). The Labute approximate surface area is 332 Å². The summed E-state index contributed by atoms with van der Waals surface area (Å²) in [7, 11) is 0. The summed E-state index contributed by atoms with van der Waals surface area (Å²) < 4.78 is 0. The van der Waals surface area contributed by atoms with Gasteiger partial charge in [0, 0.05) is 50.8 Å². The maximum absolute atomic E-state index is 4.97. The summed E-state index contributed by atoms with van der Waals surface area (Å²) in [6.45, 7) is 0.0696. The molecule has 0 aliphatic carbocycles. The molecule has 0 saturated heterocycles. The predicted octanol–water partition coefficient (Wildman–Crippen LogP) is 10.6. The molecular weight excluding hydrogens is 693 g/mol. The number of fused-ring (bicyclic) bond motifs is 4. The number of hydrogen-bond donors (Lipinski definition) is 0. The Balaban J connectivity index is 1.04. The lowest BCUT2D eigenvalue weighted by atomic mass is 9.33. The first-order chi connectivity index (χ1) is 28.3. The van der Waals surface area contributed by atoms with Crippen LogP contribution in [-0.4, -0.2) is 21.7 Å². The Kier molecular flexibility index (Phi) is 7.85. The van der Waals surface area contributed by atoms with Crippen molar-refractivity contribution in [2.24, 2.45) is 0 Å². The molecule has 8 aromatic carbocycles. The molecule has 3 heterocycles. The molecule has 0 radical (unpaired) electrons. The molecule has 6 heteroatoms. The van der Waals surface area contributed by atoms with Gasteiger partial charge in [0.15, 0.2) is 17.5 Å². The Morgan fingerprint density at radius 3 is 1.26 bits per heavy atom. The monoisotopic (exact) mass is 727 g/mol. The second-order valence-electron chi connectivity index (χ2n) is 14.4. The number of para-hydroxylation sites is 3. The first-order valence-electron chi connectivity index (χ1n) is 19.3. The van der Waals surface area contributed by atoms with Gasteiger partial charge < -0.3 is 9.80 Å². The van der Waals surface area contributed by atoms with E-state index in [-0.39, 0.29) is 6.71 Å². The van der Waals surface area contributed by atoms with E-state index in [0.717, 1.165) is 39.2 Å². The molecule has 2 aliphatic rings. The highest BCUT2D eigenvalue weighted by atomic mass is 15.2. The third-order valence-electron chi connectivity index (χ3n) is 11.1. The summed E-state index contributed by atoms with van der Waals surface area (Å²) in [5.74, 6) is 1.94. The first-order valence-corrected chi connectivity index (χ1v) is 19.3. The zero-order valence-electron chi connectivity index (χ0n) is 30.9. The molecule has 5 nitrogen and oxygen atoms in total. The van der Waals surface area contributed by atoms with Gasteiger partial charge in [0.2, 0.25) is 0 Å². The lowest BCUT2D eigenvalue weighted by molar-refractivity contribution is 1.07. The van der Waals surface area contributed by atoms with Gasteiger partial charge >= 0.3 is 0 Å². The van der Waals surface area contributed by atoms with Gasteiger partial charge in [-0.05, 0) is 76.0 Å². The minimum absolute atomic E-state index is 0.0696. The van der Waals surface area contributed by atoms with Crippen molar-refractivity contribution in [1.82, 2.24) is 15.0 Å². The molecule has 0 amide bonds. The van der Waals surface area contributed by atoms with Crippen molar-refractivity contribution >= 4 is 57.2 Å². The summed E-state index contributed by atoms with van der Waals surface area (Å²) in [4.78, 5) is 19.7. The standard InChI is InChI=1S/C51H34BN5/c1-5-16-36(17-6-1)49-53-50(37-18-7-2-8-19-37)55-51(54-49)38-30-28-35(29-31-38)39-32-33-43-47(34-39)57(41-22-11-4-12-23-41)46-27-15-26-45-48(46)52(43)42-24-13-14-25-44(42)56(45)40-20-9-3-10-21-40/h1-34H. The van der Waals surface area contributed by atoms with Gasteiger partial charge in [-0.3, -0.25) is 0 Å². The van der Waals surface area contributed by atoms with E-state index in [2.05, 4.69) is 155 Å². The van der Waals surface area contributed by atoms with Crippen LogP contribution in [0, 0.1) is 0 Å². The van der Waals surface area contributed by atoms with Gasteiger partial charge in [0.05, 0.1) is 0 Å². The van der Waals surface area contributed by atoms with Crippen molar-refractivity contribution in [1.29, 1.82) is 0 Å². The highest BCUT2D eigenvalue weighted by Crippen LogP contribution is 2.44. The second-order valence-corrected chi connectivity index (χ2v) is 14.4. The van der Waals surface area contributed by atoms with Crippen LogP contribution >= 0.6 is 0 Å². The third kappa shape index (κ3) is 5.61. The minimum atomic E-state index is 0.0696. The molecule has 57 heavy (non-hydrogen) atoms. The van der Waals surface area contributed by atoms with Crippen LogP contribution in [0.5, 0.6) is 0 Å². The molecule has 1 aromatic heterocycles. The van der Waals surface area contributed by atoms with E-state index in [1.807, 2.05) is 60.7 Å². The molecule has 0 atom stereocenters. The van der Waals surface area contributed by atoms with Gasteiger partial charge in [-0.25, -0.2) is 15.0 Å². The van der Waals surface area contributed by atoms with Gasteiger partial charge in [-0.15, -0.1) is 0 Å². The third-order valence-corrected chi connectivity index (χ3v) is 11.1. The fraction of sp³-hybridized carbons (Fsp3) is 0. The number of nitrogens with zero attached hydrogens (tertiary/aromatic N) is 5. The molecule has 0 saturated carbocycles. The van der Waals surface area contributed by atoms with Crippen molar-refractivity contribution in [3.63, 3.8) is 0 Å². The van der Waals surface area contributed by atoms with E-state index < -0.39 is 0 Å². The molecule has 2 aliphatic heterocycles. The Bertz CT molecular complexity index is 2850. The van der Waals surface area contributed by atoms with Crippen LogP contribution < -0.4 is 26.2 Å². The van der Waals surface area contributed by atoms with E-state index in [1.54, 1.807) is 0 Å². The quantitative estimate of drug-likeness (QED) is 0.160. The van der Waals surface area contributed by atoms with E-state index >= 15 is 0 Å². The van der Waals surface area contributed by atoms with E-state index in [0.29, 0.717) is 17.5 Å². The van der Waals surface area contributed by atoms with Crippen LogP contribution in [0.25, 0.3) is 45.3 Å². The van der Waals surface area contributed by atoms with Gasteiger partial charge in [0.25, 0.3) is 6.71 Å². The lowest BCUT2D eigenvalue weighted by Crippen LogP contribution is -2.61. The second kappa shape index (κ2) is 13.6. The van der Waals surface area contributed by atoms with Crippen molar-refractivity contribution < 1.29 is 0 Å². The number of aromatic nitrogens is 3. The number of rotatable bonds is 6. The molecule has 0 spiro atoms. The highest BCUT2D eigenvalue weighted by Gasteiger charge is 2.43. The Hall–Kier alpha value is -7.57. The zero-order chi connectivity index (χ0) is 37.7. The van der Waals surface area contributed by atoms with Crippen molar-refractivity contribution in [3.05, 3.63) is 206 Å². The van der Waals surface area contributed by atoms with Crippen molar-refractivity contribution in [2.45, 2.75) is 0 Å². The van der Waals surface area contributed by atoms with Gasteiger partial charge in [-0.2, -0.15) is 0 Å². The van der Waals surface area contributed by atoms with Crippen LogP contribution in [0.2, 0.25) is 0 Å². The largest absolute Gasteiger partial charge is 0.311 e. The zero-order valence-corrected chi connectivity index (χ0v) is 30.9. The summed E-state index contributed by atoms with van der Waals surface area (Å²) in [6, 6.07) is 72.9. The summed E-state index contributed by atoms with van der Waals surface area (Å²) in [6.07, 6.45) is 0. The summed E-state index contributed by atoms with van der Waals surface area (Å²) in [5.41, 5.74) is 16.1.